The Hall–Kier alpha value is -3.71. The molecule has 2 saturated heterocycles. The molecule has 202 valence electrons. The van der Waals surface area contributed by atoms with E-state index in [2.05, 4.69) is 10.2 Å². The molecule has 2 heterocycles. The fraction of sp³-hybridized carbons (Fsp3) is 0.375. The molecule has 2 unspecified atom stereocenters. The van der Waals surface area contributed by atoms with Gasteiger partial charge in [0.25, 0.3) is 5.91 Å². The smallest absolute Gasteiger partial charge is 0.270 e. The maximum atomic E-state index is 14.9. The molecule has 39 heavy (non-hydrogen) atoms. The minimum atomic E-state index is -1.17. The normalized spacial score (nSPS) is 22.8. The summed E-state index contributed by atoms with van der Waals surface area (Å²) in [4.78, 5) is 15.8. The third-order valence-corrected chi connectivity index (χ3v) is 8.59. The van der Waals surface area contributed by atoms with Crippen LogP contribution in [0.15, 0.2) is 60.7 Å². The van der Waals surface area contributed by atoms with Gasteiger partial charge in [0.2, 0.25) is 6.10 Å². The molecular weight excluding hydrogens is 491 g/mol. The zero-order chi connectivity index (χ0) is 27.1. The quantitative estimate of drug-likeness (QED) is 0.338. The number of hydrogen-bond donors (Lipinski definition) is 3. The van der Waals surface area contributed by atoms with E-state index in [1.807, 2.05) is 43.3 Å². The van der Waals surface area contributed by atoms with E-state index in [9.17, 15) is 9.18 Å². The number of benzene rings is 3. The molecule has 3 aromatic carbocycles. The number of amides is 1. The van der Waals surface area contributed by atoms with Crippen molar-refractivity contribution in [3.8, 4) is 5.75 Å². The van der Waals surface area contributed by atoms with Crippen LogP contribution in [0.1, 0.15) is 72.9 Å². The number of piperidine rings is 2. The molecule has 0 radical (unpaired) electrons. The average molecular weight is 527 g/mol. The van der Waals surface area contributed by atoms with Crippen LogP contribution in [0.3, 0.4) is 0 Å². The number of nitrogens with two attached hydrogens (primary N) is 1. The molecule has 0 aromatic heterocycles. The number of nitrogens with zero attached hydrogens (tertiary/aromatic N) is 1. The number of fused-ring (bicyclic) bond motifs is 4. The molecule has 4 N–H and O–H groups in total. The lowest BCUT2D eigenvalue weighted by atomic mass is 9.78. The van der Waals surface area contributed by atoms with Gasteiger partial charge < -0.3 is 20.7 Å². The number of aryl methyl sites for hydroxylation is 2. The van der Waals surface area contributed by atoms with Crippen LogP contribution < -0.4 is 20.7 Å². The van der Waals surface area contributed by atoms with Crippen molar-refractivity contribution >= 4 is 23.1 Å². The summed E-state index contributed by atoms with van der Waals surface area (Å²) in [5.74, 6) is 0.605. The summed E-state index contributed by atoms with van der Waals surface area (Å²) in [6.45, 7) is 2.00. The van der Waals surface area contributed by atoms with Gasteiger partial charge in [0.05, 0.1) is 0 Å². The van der Waals surface area contributed by atoms with Gasteiger partial charge >= 0.3 is 0 Å². The average Bonchev–Trinajstić information content (AvgIpc) is 2.93. The van der Waals surface area contributed by atoms with Crippen LogP contribution in [0.25, 0.3) is 0 Å². The van der Waals surface area contributed by atoms with Gasteiger partial charge in [-0.15, -0.1) is 0 Å². The molecule has 2 atom stereocenters. The van der Waals surface area contributed by atoms with Gasteiger partial charge in [-0.3, -0.25) is 10.2 Å². The highest BCUT2D eigenvalue weighted by molar-refractivity contribution is 6.00. The van der Waals surface area contributed by atoms with E-state index in [4.69, 9.17) is 15.9 Å². The first kappa shape index (κ1) is 25.6. The number of carbonyl (C=O) groups excluding carboxylic acids is 1. The van der Waals surface area contributed by atoms with Gasteiger partial charge in [-0.2, -0.15) is 0 Å². The van der Waals surface area contributed by atoms with Crippen molar-refractivity contribution in [2.24, 2.45) is 11.7 Å². The van der Waals surface area contributed by atoms with E-state index >= 15 is 0 Å². The van der Waals surface area contributed by atoms with E-state index in [1.165, 1.54) is 6.07 Å². The van der Waals surface area contributed by atoms with Crippen LogP contribution >= 0.6 is 0 Å². The maximum Gasteiger partial charge on any atom is 0.270 e. The Morgan fingerprint density at radius 1 is 1.08 bits per heavy atom. The lowest BCUT2D eigenvalue weighted by molar-refractivity contribution is -0.123. The highest BCUT2D eigenvalue weighted by atomic mass is 19.1. The lowest BCUT2D eigenvalue weighted by Gasteiger charge is -2.47. The largest absolute Gasteiger partial charge is 0.476 e. The first-order valence-corrected chi connectivity index (χ1v) is 14.0. The van der Waals surface area contributed by atoms with Crippen molar-refractivity contribution in [1.82, 2.24) is 0 Å². The minimum absolute atomic E-state index is 0.00326. The van der Waals surface area contributed by atoms with Crippen LogP contribution in [-0.2, 0) is 11.2 Å². The molecule has 7 rings (SSSR count). The second-order valence-corrected chi connectivity index (χ2v) is 11.1. The number of amidine groups is 1. The van der Waals surface area contributed by atoms with Crippen molar-refractivity contribution < 1.29 is 13.9 Å². The highest BCUT2D eigenvalue weighted by Gasteiger charge is 2.39. The predicted octanol–water partition coefficient (Wildman–Crippen LogP) is 6.59. The predicted molar refractivity (Wildman–Crippen MR) is 152 cm³/mol. The molecule has 2 aliphatic carbocycles. The van der Waals surface area contributed by atoms with Crippen LogP contribution in [-0.4, -0.2) is 17.8 Å². The Labute approximate surface area is 228 Å². The number of halogens is 1. The van der Waals surface area contributed by atoms with Gasteiger partial charge in [-0.1, -0.05) is 24.3 Å². The van der Waals surface area contributed by atoms with Gasteiger partial charge in [0.15, 0.2) is 0 Å². The molecule has 0 spiro atoms. The van der Waals surface area contributed by atoms with E-state index in [0.29, 0.717) is 29.2 Å². The maximum absolute atomic E-state index is 14.9. The second kappa shape index (κ2) is 10.5. The third kappa shape index (κ3) is 4.91. The zero-order valence-corrected chi connectivity index (χ0v) is 22.3. The molecule has 4 aliphatic rings. The fourth-order valence-electron chi connectivity index (χ4n) is 6.52. The summed E-state index contributed by atoms with van der Waals surface area (Å²) < 4.78 is 21.1. The lowest BCUT2D eigenvalue weighted by Crippen LogP contribution is -2.52. The Balaban J connectivity index is 1.25. The molecule has 6 nitrogen and oxygen atoms in total. The summed E-state index contributed by atoms with van der Waals surface area (Å²) in [6, 6.07) is 18.0. The van der Waals surface area contributed by atoms with Gasteiger partial charge in [-0.25, -0.2) is 4.39 Å². The summed E-state index contributed by atoms with van der Waals surface area (Å²) in [5, 5.41) is 11.6. The fourth-order valence-corrected chi connectivity index (χ4v) is 6.52. The van der Waals surface area contributed by atoms with E-state index in [0.717, 1.165) is 67.3 Å². The second-order valence-electron chi connectivity index (χ2n) is 11.1. The van der Waals surface area contributed by atoms with Gasteiger partial charge in [-0.05, 0) is 105 Å². The van der Waals surface area contributed by atoms with Gasteiger partial charge in [0.1, 0.15) is 17.4 Å². The zero-order valence-electron chi connectivity index (χ0n) is 22.3. The number of nitrogens with one attached hydrogen (secondary N) is 2. The van der Waals surface area contributed by atoms with E-state index in [-0.39, 0.29) is 11.6 Å². The molecule has 1 amide bonds. The van der Waals surface area contributed by atoms with Crippen LogP contribution in [0.4, 0.5) is 15.8 Å². The highest BCUT2D eigenvalue weighted by Crippen LogP contribution is 2.40. The van der Waals surface area contributed by atoms with Crippen molar-refractivity contribution in [3.05, 3.63) is 88.7 Å². The topological polar surface area (TPSA) is 91.4 Å². The Morgan fingerprint density at radius 3 is 2.62 bits per heavy atom. The van der Waals surface area contributed by atoms with Crippen LogP contribution in [0, 0.1) is 24.1 Å². The van der Waals surface area contributed by atoms with E-state index < -0.39 is 17.8 Å². The van der Waals surface area contributed by atoms with Crippen molar-refractivity contribution in [1.29, 1.82) is 5.41 Å². The molecule has 3 fully saturated rings. The number of carbonyl (C=O) groups is 1. The Morgan fingerprint density at radius 2 is 1.87 bits per heavy atom. The van der Waals surface area contributed by atoms with Crippen LogP contribution in [0.5, 0.6) is 5.75 Å². The molecule has 7 heteroatoms. The molecule has 3 aromatic rings. The SMILES string of the molecule is Cc1cc(NC(=O)C(Oc2ccc3c(c2)CCCC3N)c2ccccc2F)ccc1N1C(=N)C2CCC1CC2. The van der Waals surface area contributed by atoms with Gasteiger partial charge in [0, 0.05) is 34.9 Å². The molecule has 2 aliphatic heterocycles. The van der Waals surface area contributed by atoms with E-state index in [1.54, 1.807) is 18.2 Å². The van der Waals surface area contributed by atoms with Crippen LogP contribution in [0.2, 0.25) is 0 Å². The molecular formula is C32H35FN4O2. The summed E-state index contributed by atoms with van der Waals surface area (Å²) >= 11 is 0. The number of ether oxygens (including phenoxy) is 1. The minimum Gasteiger partial charge on any atom is -0.476 e. The number of anilines is 2. The molecule has 2 bridgehead atoms. The first-order chi connectivity index (χ1) is 18.9. The summed E-state index contributed by atoms with van der Waals surface area (Å²) in [7, 11) is 0. The number of hydrogen-bond acceptors (Lipinski definition) is 4. The Bertz CT molecular complexity index is 1420. The standard InChI is InChI=1S/C32H35FN4O2/c1-19-17-22(11-16-29(19)37-23-12-9-20(10-13-23)31(37)35)36-32(38)30(26-6-2-3-7-27(26)33)39-24-14-15-25-21(18-24)5-4-8-28(25)34/h2-3,6-7,11,14-18,20,23,28,30,35H,4-5,8-10,12-13,34H2,1H3,(H,36,38). The molecule has 1 saturated carbocycles. The summed E-state index contributed by atoms with van der Waals surface area (Å²) in [6.07, 6.45) is 6.10. The van der Waals surface area contributed by atoms with Crippen molar-refractivity contribution in [3.63, 3.8) is 0 Å². The third-order valence-electron chi connectivity index (χ3n) is 8.59. The van der Waals surface area contributed by atoms with Crippen molar-refractivity contribution in [2.75, 3.05) is 10.2 Å². The van der Waals surface area contributed by atoms with Crippen molar-refractivity contribution in [2.45, 2.75) is 70.1 Å². The first-order valence-electron chi connectivity index (χ1n) is 14.0. The Kier molecular flexibility index (Phi) is 6.85. The number of rotatable bonds is 6. The monoisotopic (exact) mass is 526 g/mol. The summed E-state index contributed by atoms with van der Waals surface area (Å²) in [5.41, 5.74) is 11.3.